The molecule has 6 heteroatoms. The number of rotatable bonds is 5. The minimum absolute atomic E-state index is 0.335. The highest BCUT2D eigenvalue weighted by molar-refractivity contribution is 6.40. The van der Waals surface area contributed by atoms with Crippen molar-refractivity contribution in [1.29, 1.82) is 0 Å². The van der Waals surface area contributed by atoms with E-state index in [2.05, 4.69) is 15.7 Å². The topological polar surface area (TPSA) is 83.3 Å². The van der Waals surface area contributed by atoms with E-state index in [1.165, 1.54) is 6.08 Å². The third-order valence-electron chi connectivity index (χ3n) is 1.69. The van der Waals surface area contributed by atoms with Crippen molar-refractivity contribution in [1.82, 2.24) is 5.43 Å². The summed E-state index contributed by atoms with van der Waals surface area (Å²) >= 11 is 0. The summed E-state index contributed by atoms with van der Waals surface area (Å²) in [6, 6.07) is 0. The number of carbonyl (C=O) groups excluding carboxylic acids is 1. The fourth-order valence-electron chi connectivity index (χ4n) is 0.718. The summed E-state index contributed by atoms with van der Waals surface area (Å²) in [5.41, 5.74) is 4.11. The zero-order chi connectivity index (χ0) is 12.6. The third kappa shape index (κ3) is 5.79. The Labute approximate surface area is 94.7 Å². The first-order chi connectivity index (χ1) is 7.51. The molecule has 0 unspecified atom stereocenters. The van der Waals surface area contributed by atoms with Crippen LogP contribution in [0, 0.1) is 0 Å². The van der Waals surface area contributed by atoms with Crippen LogP contribution in [0.2, 0.25) is 0 Å². The van der Waals surface area contributed by atoms with Crippen LogP contribution in [0.4, 0.5) is 0 Å². The fraction of sp³-hybridized carbons (Fsp3) is 0.500. The lowest BCUT2D eigenvalue weighted by atomic mass is 10.3. The van der Waals surface area contributed by atoms with Crippen LogP contribution in [0.3, 0.4) is 0 Å². The molecule has 0 aliphatic rings. The molecule has 6 nitrogen and oxygen atoms in total. The Hall–Kier alpha value is -1.85. The molecule has 0 fully saturated rings. The third-order valence-corrected chi connectivity index (χ3v) is 1.69. The van der Waals surface area contributed by atoms with Crippen LogP contribution in [0.5, 0.6) is 0 Å². The highest BCUT2D eigenvalue weighted by Gasteiger charge is 1.99. The van der Waals surface area contributed by atoms with Crippen LogP contribution in [-0.2, 0) is 9.53 Å². The Morgan fingerprint density at radius 3 is 2.50 bits per heavy atom. The Kier molecular flexibility index (Phi) is 6.58. The monoisotopic (exact) mass is 227 g/mol. The predicted molar refractivity (Wildman–Crippen MR) is 61.5 cm³/mol. The molecule has 0 saturated heterocycles. The summed E-state index contributed by atoms with van der Waals surface area (Å²) in [4.78, 5) is 11.0. The standard InChI is InChI=1S/C10H17N3O3/c1-5-16-10(14)6-7(2)11-12-8(3)9(4)13-15/h6,11,15H,5H2,1-4H3. The first kappa shape index (κ1) is 14.2. The van der Waals surface area contributed by atoms with E-state index in [9.17, 15) is 4.79 Å². The quantitative estimate of drug-likeness (QED) is 0.243. The summed E-state index contributed by atoms with van der Waals surface area (Å²) in [7, 11) is 0. The molecule has 2 N–H and O–H groups in total. The van der Waals surface area contributed by atoms with Crippen molar-refractivity contribution < 1.29 is 14.7 Å². The van der Waals surface area contributed by atoms with E-state index >= 15 is 0 Å². The molecular formula is C10H17N3O3. The molecule has 0 spiro atoms. The Bertz CT molecular complexity index is 332. The molecule has 16 heavy (non-hydrogen) atoms. The molecule has 0 rings (SSSR count). The molecular weight excluding hydrogens is 210 g/mol. The summed E-state index contributed by atoms with van der Waals surface area (Å²) in [5, 5.41) is 15.4. The molecule has 0 radical (unpaired) electrons. The zero-order valence-corrected chi connectivity index (χ0v) is 9.94. The number of hydrazone groups is 1. The van der Waals surface area contributed by atoms with Gasteiger partial charge in [-0.1, -0.05) is 5.16 Å². The largest absolute Gasteiger partial charge is 0.463 e. The molecule has 0 heterocycles. The molecule has 0 amide bonds. The maximum atomic E-state index is 11.0. The van der Waals surface area contributed by atoms with Crippen molar-refractivity contribution in [2.75, 3.05) is 6.61 Å². The van der Waals surface area contributed by atoms with Gasteiger partial charge in [-0.25, -0.2) is 4.79 Å². The van der Waals surface area contributed by atoms with Gasteiger partial charge in [-0.15, -0.1) is 0 Å². The van der Waals surface area contributed by atoms with E-state index in [1.54, 1.807) is 27.7 Å². The maximum Gasteiger partial charge on any atom is 0.332 e. The molecule has 0 aromatic rings. The van der Waals surface area contributed by atoms with E-state index in [4.69, 9.17) is 9.94 Å². The highest BCUT2D eigenvalue weighted by Crippen LogP contribution is 1.90. The summed E-state index contributed by atoms with van der Waals surface area (Å²) in [6.45, 7) is 7.04. The van der Waals surface area contributed by atoms with Crippen molar-refractivity contribution >= 4 is 17.4 Å². The van der Waals surface area contributed by atoms with E-state index < -0.39 is 5.97 Å². The van der Waals surface area contributed by atoms with Gasteiger partial charge in [0.15, 0.2) is 0 Å². The second-order valence-corrected chi connectivity index (χ2v) is 3.07. The van der Waals surface area contributed by atoms with Gasteiger partial charge in [0.05, 0.1) is 18.0 Å². The van der Waals surface area contributed by atoms with Gasteiger partial charge >= 0.3 is 5.97 Å². The smallest absolute Gasteiger partial charge is 0.332 e. The summed E-state index contributed by atoms with van der Waals surface area (Å²) < 4.78 is 4.72. The van der Waals surface area contributed by atoms with E-state index in [-0.39, 0.29) is 0 Å². The van der Waals surface area contributed by atoms with Crippen molar-refractivity contribution in [2.24, 2.45) is 10.3 Å². The van der Waals surface area contributed by atoms with Gasteiger partial charge in [0.1, 0.15) is 0 Å². The molecule has 0 aromatic heterocycles. The first-order valence-corrected chi connectivity index (χ1v) is 4.85. The van der Waals surface area contributed by atoms with Gasteiger partial charge < -0.3 is 9.94 Å². The second kappa shape index (κ2) is 7.44. The first-order valence-electron chi connectivity index (χ1n) is 4.85. The van der Waals surface area contributed by atoms with Gasteiger partial charge in [-0.05, 0) is 27.7 Å². The highest BCUT2D eigenvalue weighted by atomic mass is 16.5. The molecule has 0 saturated carbocycles. The Morgan fingerprint density at radius 2 is 2.00 bits per heavy atom. The lowest BCUT2D eigenvalue weighted by Crippen LogP contribution is -2.13. The number of hydrogen-bond acceptors (Lipinski definition) is 6. The molecule has 0 bridgehead atoms. The van der Waals surface area contributed by atoms with Crippen LogP contribution in [0.15, 0.2) is 22.0 Å². The van der Waals surface area contributed by atoms with Crippen LogP contribution in [-0.4, -0.2) is 29.2 Å². The molecule has 0 aliphatic heterocycles. The van der Waals surface area contributed by atoms with Crippen LogP contribution < -0.4 is 5.43 Å². The normalized spacial score (nSPS) is 13.6. The van der Waals surface area contributed by atoms with Crippen LogP contribution in [0.25, 0.3) is 0 Å². The molecule has 90 valence electrons. The van der Waals surface area contributed by atoms with Gasteiger partial charge in [0.25, 0.3) is 0 Å². The number of allylic oxidation sites excluding steroid dienone is 1. The fourth-order valence-corrected chi connectivity index (χ4v) is 0.718. The van der Waals surface area contributed by atoms with Crippen molar-refractivity contribution in [3.8, 4) is 0 Å². The van der Waals surface area contributed by atoms with Crippen molar-refractivity contribution in [3.63, 3.8) is 0 Å². The maximum absolute atomic E-state index is 11.0. The van der Waals surface area contributed by atoms with E-state index in [0.717, 1.165) is 0 Å². The SMILES string of the molecule is CCOC(=O)C=C(C)NN=C(C)C(C)=NO. The predicted octanol–water partition coefficient (Wildman–Crippen LogP) is 1.27. The summed E-state index contributed by atoms with van der Waals surface area (Å²) in [5.74, 6) is -0.423. The average Bonchev–Trinajstić information content (AvgIpc) is 2.24. The van der Waals surface area contributed by atoms with Crippen LogP contribution >= 0.6 is 0 Å². The van der Waals surface area contributed by atoms with Crippen molar-refractivity contribution in [3.05, 3.63) is 11.8 Å². The number of carbonyl (C=O) groups is 1. The van der Waals surface area contributed by atoms with E-state index in [1.807, 2.05) is 0 Å². The number of ether oxygens (including phenoxy) is 1. The summed E-state index contributed by atoms with van der Waals surface area (Å²) in [6.07, 6.45) is 1.30. The molecule has 0 aliphatic carbocycles. The van der Waals surface area contributed by atoms with Crippen LogP contribution in [0.1, 0.15) is 27.7 Å². The minimum Gasteiger partial charge on any atom is -0.463 e. The average molecular weight is 227 g/mol. The molecule has 0 atom stereocenters. The van der Waals surface area contributed by atoms with Gasteiger partial charge in [-0.2, -0.15) is 5.10 Å². The number of oxime groups is 1. The van der Waals surface area contributed by atoms with Crippen molar-refractivity contribution in [2.45, 2.75) is 27.7 Å². The number of hydrogen-bond donors (Lipinski definition) is 2. The number of esters is 1. The van der Waals surface area contributed by atoms with Gasteiger partial charge in [0, 0.05) is 11.8 Å². The second-order valence-electron chi connectivity index (χ2n) is 3.07. The van der Waals surface area contributed by atoms with Gasteiger partial charge in [-0.3, -0.25) is 5.43 Å². The minimum atomic E-state index is -0.423. The lowest BCUT2D eigenvalue weighted by Gasteiger charge is -2.02. The molecule has 0 aromatic carbocycles. The Morgan fingerprint density at radius 1 is 1.38 bits per heavy atom. The number of nitrogens with one attached hydrogen (secondary N) is 1. The van der Waals surface area contributed by atoms with E-state index in [0.29, 0.717) is 23.7 Å². The number of nitrogens with zero attached hydrogens (tertiary/aromatic N) is 2. The zero-order valence-electron chi connectivity index (χ0n) is 9.94. The Balaban J connectivity index is 4.36. The van der Waals surface area contributed by atoms with Gasteiger partial charge in [0.2, 0.25) is 0 Å². The lowest BCUT2D eigenvalue weighted by molar-refractivity contribution is -0.137.